The van der Waals surface area contributed by atoms with Crippen LogP contribution in [0.1, 0.15) is 11.1 Å². The molecule has 0 aliphatic carbocycles. The van der Waals surface area contributed by atoms with Crippen LogP contribution in [0.5, 0.6) is 0 Å². The van der Waals surface area contributed by atoms with Crippen LogP contribution in [0.15, 0.2) is 182 Å². The minimum absolute atomic E-state index is 0.545. The second kappa shape index (κ2) is 12.5. The van der Waals surface area contributed by atoms with E-state index >= 15 is 0 Å². The third-order valence-corrected chi connectivity index (χ3v) is 10.5. The molecule has 2 aromatic heterocycles. The van der Waals surface area contributed by atoms with Gasteiger partial charge in [0.05, 0.1) is 45.3 Å². The number of aromatic nitrogens is 2. The Bertz CT molecular complexity index is 2950. The van der Waals surface area contributed by atoms with Gasteiger partial charge in [0.25, 0.3) is 0 Å². The van der Waals surface area contributed by atoms with Gasteiger partial charge in [-0.2, -0.15) is 10.5 Å². The number of para-hydroxylation sites is 2. The Kier molecular flexibility index (Phi) is 7.22. The lowest BCUT2D eigenvalue weighted by Gasteiger charge is -2.14. The largest absolute Gasteiger partial charge is 0.309 e. The van der Waals surface area contributed by atoms with E-state index in [0.29, 0.717) is 11.1 Å². The van der Waals surface area contributed by atoms with Crippen LogP contribution < -0.4 is 0 Å². The quantitative estimate of drug-likeness (QED) is 0.181. The molecule has 0 spiro atoms. The second-order valence-corrected chi connectivity index (χ2v) is 13.7. The highest BCUT2D eigenvalue weighted by Gasteiger charge is 2.18. The maximum atomic E-state index is 10.4. The summed E-state index contributed by atoms with van der Waals surface area (Å²) in [5.74, 6) is 0. The monoisotopic (exact) mass is 686 g/mol. The molecule has 0 fully saturated rings. The Morgan fingerprint density at radius 3 is 1.11 bits per heavy atom. The zero-order valence-electron chi connectivity index (χ0n) is 29.1. The highest BCUT2D eigenvalue weighted by atomic mass is 15.0. The molecule has 0 saturated carbocycles. The highest BCUT2D eigenvalue weighted by Crippen LogP contribution is 2.39. The van der Waals surface area contributed by atoms with Gasteiger partial charge in [0.2, 0.25) is 0 Å². The van der Waals surface area contributed by atoms with Crippen molar-refractivity contribution in [3.63, 3.8) is 0 Å². The molecule has 0 radical (unpaired) electrons. The van der Waals surface area contributed by atoms with Gasteiger partial charge in [0.15, 0.2) is 0 Å². The summed E-state index contributed by atoms with van der Waals surface area (Å²) in [6.07, 6.45) is 0. The van der Waals surface area contributed by atoms with Gasteiger partial charge in [-0.05, 0) is 106 Å². The summed E-state index contributed by atoms with van der Waals surface area (Å²) in [6, 6.07) is 67.8. The average molecular weight is 687 g/mol. The molecule has 4 heteroatoms. The molecule has 0 aliphatic rings. The second-order valence-electron chi connectivity index (χ2n) is 13.7. The number of benzene rings is 8. The Morgan fingerprint density at radius 1 is 0.296 bits per heavy atom. The van der Waals surface area contributed by atoms with Crippen molar-refractivity contribution in [2.45, 2.75) is 0 Å². The molecular formula is C50H30N4. The maximum absolute atomic E-state index is 10.4. The summed E-state index contributed by atoms with van der Waals surface area (Å²) in [5.41, 5.74) is 13.5. The van der Waals surface area contributed by atoms with Gasteiger partial charge in [-0.1, -0.05) is 109 Å². The summed E-state index contributed by atoms with van der Waals surface area (Å²) in [6.45, 7) is 0. The first-order valence-corrected chi connectivity index (χ1v) is 18.0. The van der Waals surface area contributed by atoms with Crippen molar-refractivity contribution in [1.29, 1.82) is 10.5 Å². The first-order chi connectivity index (χ1) is 26.7. The minimum Gasteiger partial charge on any atom is -0.309 e. The van der Waals surface area contributed by atoms with Gasteiger partial charge in [0, 0.05) is 32.9 Å². The van der Waals surface area contributed by atoms with Crippen molar-refractivity contribution in [2.24, 2.45) is 0 Å². The molecule has 0 saturated heterocycles. The maximum Gasteiger partial charge on any atom is 0.0992 e. The van der Waals surface area contributed by atoms with Crippen LogP contribution in [0.25, 0.3) is 88.4 Å². The minimum atomic E-state index is 0.545. The molecule has 0 amide bonds. The summed E-state index contributed by atoms with van der Waals surface area (Å²) < 4.78 is 4.49. The number of hydrogen-bond donors (Lipinski definition) is 0. The smallest absolute Gasteiger partial charge is 0.0992 e. The van der Waals surface area contributed by atoms with Crippen molar-refractivity contribution in [2.75, 3.05) is 0 Å². The lowest BCUT2D eigenvalue weighted by molar-refractivity contribution is 1.17. The molecule has 0 bridgehead atoms. The van der Waals surface area contributed by atoms with E-state index in [-0.39, 0.29) is 0 Å². The predicted molar refractivity (Wildman–Crippen MR) is 221 cm³/mol. The van der Waals surface area contributed by atoms with E-state index in [9.17, 15) is 10.5 Å². The molecule has 54 heavy (non-hydrogen) atoms. The van der Waals surface area contributed by atoms with Gasteiger partial charge < -0.3 is 9.13 Å². The van der Waals surface area contributed by atoms with Crippen LogP contribution >= 0.6 is 0 Å². The van der Waals surface area contributed by atoms with Gasteiger partial charge in [0.1, 0.15) is 0 Å². The lowest BCUT2D eigenvalue weighted by atomic mass is 9.99. The van der Waals surface area contributed by atoms with Crippen LogP contribution in [0.3, 0.4) is 0 Å². The van der Waals surface area contributed by atoms with Gasteiger partial charge in [-0.15, -0.1) is 0 Å². The van der Waals surface area contributed by atoms with E-state index in [1.165, 1.54) is 0 Å². The van der Waals surface area contributed by atoms with E-state index < -0.39 is 0 Å². The number of nitriles is 2. The fourth-order valence-corrected chi connectivity index (χ4v) is 8.07. The standard InChI is InChI=1S/C50H30N4/c51-31-33-23-39(27-41(25-33)53-47-17-9-7-15-43(47)45-29-37(19-21-49(45)53)35-11-3-1-4-12-35)40-24-34(32-52)26-42(28-40)54-48-18-10-8-16-44(48)46-30-38(20-22-50(46)54)36-13-5-2-6-14-36/h1-30H. The SMILES string of the molecule is N#Cc1cc(-c2cc(C#N)cc(-n3c4ccccc4c4cc(-c5ccccc5)ccc43)c2)cc(-n2c3ccccc3c3cc(-c4ccccc4)ccc32)c1. The molecule has 0 aliphatic heterocycles. The molecular weight excluding hydrogens is 657 g/mol. The molecule has 10 rings (SSSR count). The molecule has 0 atom stereocenters. The van der Waals surface area contributed by atoms with Crippen LogP contribution in [-0.4, -0.2) is 9.13 Å². The molecule has 2 heterocycles. The molecule has 0 N–H and O–H groups in total. The third kappa shape index (κ3) is 5.06. The van der Waals surface area contributed by atoms with E-state index in [1.807, 2.05) is 36.4 Å². The summed E-state index contributed by atoms with van der Waals surface area (Å²) in [7, 11) is 0. The Morgan fingerprint density at radius 2 is 0.685 bits per heavy atom. The Balaban J connectivity index is 1.17. The number of nitrogens with zero attached hydrogens (tertiary/aromatic N) is 4. The van der Waals surface area contributed by atoms with Crippen LogP contribution in [0.2, 0.25) is 0 Å². The summed E-state index contributed by atoms with van der Waals surface area (Å²) in [5, 5.41) is 25.3. The highest BCUT2D eigenvalue weighted by molar-refractivity contribution is 6.11. The van der Waals surface area contributed by atoms with Gasteiger partial charge in [-0.3, -0.25) is 0 Å². The third-order valence-electron chi connectivity index (χ3n) is 10.5. The van der Waals surface area contributed by atoms with Crippen LogP contribution in [0.4, 0.5) is 0 Å². The fraction of sp³-hybridized carbons (Fsp3) is 0. The Hall–Kier alpha value is -7.66. The first kappa shape index (κ1) is 31.1. The van der Waals surface area contributed by atoms with Gasteiger partial charge in [-0.25, -0.2) is 0 Å². The number of rotatable bonds is 5. The Labute approximate surface area is 312 Å². The normalized spacial score (nSPS) is 11.3. The van der Waals surface area contributed by atoms with E-state index in [2.05, 4.69) is 167 Å². The molecule has 0 unspecified atom stereocenters. The number of hydrogen-bond acceptors (Lipinski definition) is 2. The number of fused-ring (bicyclic) bond motifs is 6. The van der Waals surface area contributed by atoms with E-state index in [1.54, 1.807) is 0 Å². The zero-order chi connectivity index (χ0) is 36.2. The topological polar surface area (TPSA) is 57.4 Å². The predicted octanol–water partition coefficient (Wildman–Crippen LogP) is 12.6. The van der Waals surface area contributed by atoms with Crippen molar-refractivity contribution in [3.8, 4) is 56.9 Å². The van der Waals surface area contributed by atoms with E-state index in [0.717, 1.165) is 88.4 Å². The molecule has 4 nitrogen and oxygen atoms in total. The van der Waals surface area contributed by atoms with Crippen LogP contribution in [-0.2, 0) is 0 Å². The summed E-state index contributed by atoms with van der Waals surface area (Å²) >= 11 is 0. The average Bonchev–Trinajstić information content (AvgIpc) is 3.76. The van der Waals surface area contributed by atoms with Crippen LogP contribution in [0, 0.1) is 22.7 Å². The first-order valence-electron chi connectivity index (χ1n) is 18.0. The molecule has 10 aromatic rings. The van der Waals surface area contributed by atoms with Crippen molar-refractivity contribution in [3.05, 3.63) is 193 Å². The zero-order valence-corrected chi connectivity index (χ0v) is 29.1. The van der Waals surface area contributed by atoms with Gasteiger partial charge >= 0.3 is 0 Å². The van der Waals surface area contributed by atoms with Crippen molar-refractivity contribution < 1.29 is 0 Å². The van der Waals surface area contributed by atoms with Crippen molar-refractivity contribution in [1.82, 2.24) is 9.13 Å². The molecule has 250 valence electrons. The fourth-order valence-electron chi connectivity index (χ4n) is 8.07. The summed E-state index contributed by atoms with van der Waals surface area (Å²) in [4.78, 5) is 0. The molecule has 8 aromatic carbocycles. The lowest BCUT2D eigenvalue weighted by Crippen LogP contribution is -1.98. The van der Waals surface area contributed by atoms with Crippen molar-refractivity contribution >= 4 is 43.6 Å². The van der Waals surface area contributed by atoms with E-state index in [4.69, 9.17) is 0 Å².